The van der Waals surface area contributed by atoms with Crippen LogP contribution >= 0.6 is 0 Å². The molecule has 0 aliphatic heterocycles. The Bertz CT molecular complexity index is 3210. The highest BCUT2D eigenvalue weighted by molar-refractivity contribution is 6.19. The van der Waals surface area contributed by atoms with Gasteiger partial charge in [-0.25, -0.2) is 0 Å². The number of hydrogen-bond acceptors (Lipinski definition) is 3. The summed E-state index contributed by atoms with van der Waals surface area (Å²) in [5.74, 6) is 0. The minimum atomic E-state index is 0.858. The number of hydrogen-bond donors (Lipinski definition) is 0. The molecular weight excluding hydrogens is 671 g/mol. The standard InChI is InChI=1S/C52H33NO2/c1-3-13-34(14-4-1)41-17-7-10-20-47(41)53(39-26-29-44-43-18-8-11-21-48(43)55-51(44)33-39)38-25-28-40(46(32-38)35-15-5-2-6-16-35)36-23-27-42-37(31-36)24-30-50-52(42)45-19-9-12-22-49(45)54-50/h1-33H. The molecule has 3 heteroatoms. The summed E-state index contributed by atoms with van der Waals surface area (Å²) in [7, 11) is 0. The maximum atomic E-state index is 6.45. The van der Waals surface area contributed by atoms with E-state index in [0.29, 0.717) is 0 Å². The molecule has 0 bridgehead atoms. The summed E-state index contributed by atoms with van der Waals surface area (Å²) in [5, 5.41) is 6.89. The quantitative estimate of drug-likeness (QED) is 0.173. The van der Waals surface area contributed by atoms with E-state index in [1.54, 1.807) is 0 Å². The van der Waals surface area contributed by atoms with Crippen LogP contribution < -0.4 is 4.90 Å². The third kappa shape index (κ3) is 5.20. The number of nitrogens with zero attached hydrogens (tertiary/aromatic N) is 1. The third-order valence-corrected chi connectivity index (χ3v) is 10.9. The van der Waals surface area contributed by atoms with Gasteiger partial charge in [0.05, 0.1) is 5.69 Å². The van der Waals surface area contributed by atoms with Gasteiger partial charge in [0.1, 0.15) is 22.3 Å². The molecule has 0 aliphatic carbocycles. The van der Waals surface area contributed by atoms with E-state index >= 15 is 0 Å². The summed E-state index contributed by atoms with van der Waals surface area (Å²) in [6.07, 6.45) is 0. The Hall–Kier alpha value is -7.36. The van der Waals surface area contributed by atoms with Crippen LogP contribution in [0.3, 0.4) is 0 Å². The highest BCUT2D eigenvalue weighted by atomic mass is 16.3. The van der Waals surface area contributed by atoms with Gasteiger partial charge in [-0.3, -0.25) is 0 Å². The summed E-state index contributed by atoms with van der Waals surface area (Å²) in [4.78, 5) is 2.37. The van der Waals surface area contributed by atoms with Crippen molar-refractivity contribution in [1.82, 2.24) is 0 Å². The summed E-state index contributed by atoms with van der Waals surface area (Å²) in [6, 6.07) is 71.1. The number of benzene rings is 9. The maximum Gasteiger partial charge on any atom is 0.137 e. The molecule has 0 radical (unpaired) electrons. The van der Waals surface area contributed by atoms with E-state index in [4.69, 9.17) is 8.83 Å². The Labute approximate surface area is 317 Å². The minimum Gasteiger partial charge on any atom is -0.456 e. The summed E-state index contributed by atoms with van der Waals surface area (Å²) < 4.78 is 12.7. The lowest BCUT2D eigenvalue weighted by Gasteiger charge is -2.29. The van der Waals surface area contributed by atoms with Crippen LogP contribution in [0.2, 0.25) is 0 Å². The fraction of sp³-hybridized carbons (Fsp3) is 0. The van der Waals surface area contributed by atoms with Crippen molar-refractivity contribution in [2.24, 2.45) is 0 Å². The van der Waals surface area contributed by atoms with E-state index in [1.165, 1.54) is 10.8 Å². The molecule has 0 fully saturated rings. The molecular formula is C52H33NO2. The van der Waals surface area contributed by atoms with Crippen LogP contribution in [0.25, 0.3) is 88.0 Å². The van der Waals surface area contributed by atoms with Crippen LogP contribution in [0.1, 0.15) is 0 Å². The molecule has 9 aromatic carbocycles. The van der Waals surface area contributed by atoms with Gasteiger partial charge in [0.2, 0.25) is 0 Å². The second kappa shape index (κ2) is 12.6. The van der Waals surface area contributed by atoms with Crippen molar-refractivity contribution >= 4 is 71.7 Å². The first-order valence-electron chi connectivity index (χ1n) is 18.7. The average molecular weight is 704 g/mol. The van der Waals surface area contributed by atoms with Crippen molar-refractivity contribution in [3.63, 3.8) is 0 Å². The predicted octanol–water partition coefficient (Wildman–Crippen LogP) is 15.1. The van der Waals surface area contributed by atoms with Crippen molar-refractivity contribution in [2.45, 2.75) is 0 Å². The Balaban J connectivity index is 1.13. The lowest BCUT2D eigenvalue weighted by atomic mass is 9.91. The predicted molar refractivity (Wildman–Crippen MR) is 229 cm³/mol. The van der Waals surface area contributed by atoms with Gasteiger partial charge in [-0.2, -0.15) is 0 Å². The average Bonchev–Trinajstić information content (AvgIpc) is 3.83. The fourth-order valence-electron chi connectivity index (χ4n) is 8.31. The minimum absolute atomic E-state index is 0.858. The molecule has 258 valence electrons. The molecule has 0 saturated heterocycles. The molecule has 0 spiro atoms. The first-order chi connectivity index (χ1) is 27.3. The van der Waals surface area contributed by atoms with E-state index in [1.807, 2.05) is 24.3 Å². The van der Waals surface area contributed by atoms with Crippen LogP contribution in [0.15, 0.2) is 209 Å². The molecule has 0 aliphatic rings. The van der Waals surface area contributed by atoms with Crippen LogP contribution in [0.5, 0.6) is 0 Å². The third-order valence-electron chi connectivity index (χ3n) is 10.9. The smallest absolute Gasteiger partial charge is 0.137 e. The zero-order valence-electron chi connectivity index (χ0n) is 29.8. The van der Waals surface area contributed by atoms with Crippen molar-refractivity contribution in [1.29, 1.82) is 0 Å². The molecule has 0 unspecified atom stereocenters. The van der Waals surface area contributed by atoms with Crippen molar-refractivity contribution in [2.75, 3.05) is 4.90 Å². The summed E-state index contributed by atoms with van der Waals surface area (Å²) in [6.45, 7) is 0. The van der Waals surface area contributed by atoms with E-state index in [2.05, 4.69) is 181 Å². The molecule has 0 saturated carbocycles. The number of rotatable bonds is 6. The monoisotopic (exact) mass is 703 g/mol. The highest BCUT2D eigenvalue weighted by Gasteiger charge is 2.21. The van der Waals surface area contributed by atoms with E-state index < -0.39 is 0 Å². The molecule has 0 amide bonds. The lowest BCUT2D eigenvalue weighted by molar-refractivity contribution is 0.668. The van der Waals surface area contributed by atoms with Crippen molar-refractivity contribution in [3.05, 3.63) is 200 Å². The summed E-state index contributed by atoms with van der Waals surface area (Å²) in [5.41, 5.74) is 13.6. The highest BCUT2D eigenvalue weighted by Crippen LogP contribution is 2.46. The SMILES string of the molecule is c1ccc(-c2cc(N(c3ccc4c(c3)oc3ccccc34)c3ccccc3-c3ccccc3)ccc2-c2ccc3c(ccc4oc5ccccc5c43)c2)cc1. The first-order valence-corrected chi connectivity index (χ1v) is 18.7. The second-order valence-corrected chi connectivity index (χ2v) is 14.1. The lowest BCUT2D eigenvalue weighted by Crippen LogP contribution is -2.11. The van der Waals surface area contributed by atoms with Crippen LogP contribution in [-0.2, 0) is 0 Å². The van der Waals surface area contributed by atoms with Gasteiger partial charge >= 0.3 is 0 Å². The first kappa shape index (κ1) is 31.2. The Morgan fingerprint density at radius 3 is 1.73 bits per heavy atom. The molecule has 2 aromatic heterocycles. The van der Waals surface area contributed by atoms with Gasteiger partial charge in [0.25, 0.3) is 0 Å². The normalized spacial score (nSPS) is 11.6. The molecule has 11 aromatic rings. The van der Waals surface area contributed by atoms with E-state index in [-0.39, 0.29) is 0 Å². The van der Waals surface area contributed by atoms with Gasteiger partial charge < -0.3 is 13.7 Å². The van der Waals surface area contributed by atoms with E-state index in [9.17, 15) is 0 Å². The topological polar surface area (TPSA) is 29.5 Å². The zero-order chi connectivity index (χ0) is 36.3. The molecule has 0 N–H and O–H groups in total. The van der Waals surface area contributed by atoms with Gasteiger partial charge in [0, 0.05) is 44.5 Å². The Kier molecular flexibility index (Phi) is 7.17. The van der Waals surface area contributed by atoms with Gasteiger partial charge in [-0.1, -0.05) is 140 Å². The number of anilines is 3. The summed E-state index contributed by atoms with van der Waals surface area (Å²) >= 11 is 0. The largest absolute Gasteiger partial charge is 0.456 e. The van der Waals surface area contributed by atoms with Crippen LogP contribution in [0, 0.1) is 0 Å². The van der Waals surface area contributed by atoms with Crippen molar-refractivity contribution < 1.29 is 8.83 Å². The van der Waals surface area contributed by atoms with Crippen LogP contribution in [-0.4, -0.2) is 0 Å². The Morgan fingerprint density at radius 2 is 0.909 bits per heavy atom. The van der Waals surface area contributed by atoms with Crippen LogP contribution in [0.4, 0.5) is 17.1 Å². The molecule has 0 atom stereocenters. The second-order valence-electron chi connectivity index (χ2n) is 14.1. The molecule has 11 rings (SSSR count). The van der Waals surface area contributed by atoms with Gasteiger partial charge in [-0.05, 0) is 93.2 Å². The number of fused-ring (bicyclic) bond motifs is 8. The Morgan fingerprint density at radius 1 is 0.309 bits per heavy atom. The molecule has 55 heavy (non-hydrogen) atoms. The number of para-hydroxylation sites is 3. The fourth-order valence-corrected chi connectivity index (χ4v) is 8.31. The van der Waals surface area contributed by atoms with Gasteiger partial charge in [-0.15, -0.1) is 0 Å². The van der Waals surface area contributed by atoms with Crippen molar-refractivity contribution in [3.8, 4) is 33.4 Å². The molecule has 3 nitrogen and oxygen atoms in total. The zero-order valence-corrected chi connectivity index (χ0v) is 29.8. The maximum absolute atomic E-state index is 6.45. The van der Waals surface area contributed by atoms with Gasteiger partial charge in [0.15, 0.2) is 0 Å². The van der Waals surface area contributed by atoms with E-state index in [0.717, 1.165) is 94.3 Å². The molecule has 2 heterocycles. The number of furan rings is 2.